The quantitative estimate of drug-likeness (QED) is 0.585. The number of nitrogens with zero attached hydrogens (tertiary/aromatic N) is 3. The van der Waals surface area contributed by atoms with E-state index < -0.39 is 0 Å². The standard InChI is InChI=1S/C25H32N4O2S/c1-16(2)19-12-18(13-21-20(19)14-22(27-21)25(31)28(3)4)17-6-5-10-29(15-17)24(30)8-7-23-26-9-11-32-23/h9,11-14,16-17,27H,5-8,10,15H2,1-4H3/t17-/m0/s1. The maximum atomic E-state index is 12.9. The van der Waals surface area contributed by atoms with Gasteiger partial charge in [0.25, 0.3) is 5.91 Å². The van der Waals surface area contributed by atoms with E-state index in [0.29, 0.717) is 30.4 Å². The molecule has 4 rings (SSSR count). The lowest BCUT2D eigenvalue weighted by atomic mass is 9.86. The minimum atomic E-state index is -0.0212. The van der Waals surface area contributed by atoms with Crippen molar-refractivity contribution in [3.8, 4) is 0 Å². The van der Waals surface area contributed by atoms with Crippen LogP contribution in [0.3, 0.4) is 0 Å². The summed E-state index contributed by atoms with van der Waals surface area (Å²) in [5.74, 6) is 0.849. The first-order valence-electron chi connectivity index (χ1n) is 11.4. The lowest BCUT2D eigenvalue weighted by molar-refractivity contribution is -0.132. The average molecular weight is 453 g/mol. The van der Waals surface area contributed by atoms with Crippen molar-refractivity contribution in [3.05, 3.63) is 51.6 Å². The van der Waals surface area contributed by atoms with Gasteiger partial charge in [0.05, 0.1) is 5.01 Å². The number of H-pyrrole nitrogens is 1. The zero-order valence-corrected chi connectivity index (χ0v) is 20.2. The fourth-order valence-electron chi connectivity index (χ4n) is 4.58. The van der Waals surface area contributed by atoms with Crippen molar-refractivity contribution in [1.82, 2.24) is 19.8 Å². The van der Waals surface area contributed by atoms with Gasteiger partial charge < -0.3 is 14.8 Å². The van der Waals surface area contributed by atoms with Crippen molar-refractivity contribution in [2.75, 3.05) is 27.2 Å². The molecule has 1 N–H and O–H groups in total. The number of aromatic amines is 1. The number of fused-ring (bicyclic) bond motifs is 1. The Bertz CT molecular complexity index is 1100. The number of amides is 2. The van der Waals surface area contributed by atoms with Crippen LogP contribution in [0.5, 0.6) is 0 Å². The largest absolute Gasteiger partial charge is 0.351 e. The Morgan fingerprint density at radius 2 is 2.09 bits per heavy atom. The van der Waals surface area contributed by atoms with Crippen LogP contribution < -0.4 is 0 Å². The van der Waals surface area contributed by atoms with Crippen molar-refractivity contribution in [1.29, 1.82) is 0 Å². The van der Waals surface area contributed by atoms with E-state index >= 15 is 0 Å². The number of rotatable bonds is 6. The monoisotopic (exact) mass is 452 g/mol. The van der Waals surface area contributed by atoms with E-state index in [1.807, 2.05) is 16.3 Å². The number of aromatic nitrogens is 2. The van der Waals surface area contributed by atoms with E-state index in [1.54, 1.807) is 36.5 Å². The number of piperidine rings is 1. The Morgan fingerprint density at radius 3 is 2.78 bits per heavy atom. The molecule has 0 unspecified atom stereocenters. The second-order valence-corrected chi connectivity index (χ2v) is 10.2. The van der Waals surface area contributed by atoms with E-state index in [9.17, 15) is 9.59 Å². The molecule has 6 nitrogen and oxygen atoms in total. The maximum Gasteiger partial charge on any atom is 0.269 e. The fourth-order valence-corrected chi connectivity index (χ4v) is 5.20. The summed E-state index contributed by atoms with van der Waals surface area (Å²) in [7, 11) is 3.54. The first kappa shape index (κ1) is 22.5. The summed E-state index contributed by atoms with van der Waals surface area (Å²) in [4.78, 5) is 36.6. The Balaban J connectivity index is 1.56. The highest BCUT2D eigenvalue weighted by atomic mass is 32.1. The minimum Gasteiger partial charge on any atom is -0.351 e. The van der Waals surface area contributed by atoms with Crippen LogP contribution in [0.4, 0.5) is 0 Å². The number of benzene rings is 1. The van der Waals surface area contributed by atoms with Gasteiger partial charge in [0.1, 0.15) is 5.69 Å². The molecule has 0 saturated carbocycles. The summed E-state index contributed by atoms with van der Waals surface area (Å²) in [6.45, 7) is 5.96. The van der Waals surface area contributed by atoms with Gasteiger partial charge in [0.2, 0.25) is 5.91 Å². The van der Waals surface area contributed by atoms with E-state index in [0.717, 1.165) is 41.8 Å². The number of carbonyl (C=O) groups is 2. The van der Waals surface area contributed by atoms with Gasteiger partial charge in [-0.15, -0.1) is 11.3 Å². The molecule has 0 spiro atoms. The number of aryl methyl sites for hydroxylation is 1. The van der Waals surface area contributed by atoms with Gasteiger partial charge >= 0.3 is 0 Å². The average Bonchev–Trinajstić information content (AvgIpc) is 3.45. The maximum absolute atomic E-state index is 12.9. The molecule has 1 saturated heterocycles. The van der Waals surface area contributed by atoms with Crippen LogP contribution in [0.2, 0.25) is 0 Å². The Kier molecular flexibility index (Phi) is 6.65. The highest BCUT2D eigenvalue weighted by Crippen LogP contribution is 2.34. The molecule has 7 heteroatoms. The zero-order valence-electron chi connectivity index (χ0n) is 19.4. The topological polar surface area (TPSA) is 69.3 Å². The number of hydrogen-bond donors (Lipinski definition) is 1. The van der Waals surface area contributed by atoms with Gasteiger partial charge in [0.15, 0.2) is 0 Å². The number of likely N-dealkylation sites (tertiary alicyclic amines) is 1. The Labute approximate surface area is 193 Å². The molecule has 1 aromatic carbocycles. The first-order chi connectivity index (χ1) is 15.3. The van der Waals surface area contributed by atoms with Crippen molar-refractivity contribution in [3.63, 3.8) is 0 Å². The third-order valence-corrected chi connectivity index (χ3v) is 7.17. The van der Waals surface area contributed by atoms with Crippen molar-refractivity contribution in [2.45, 2.75) is 51.4 Å². The van der Waals surface area contributed by atoms with Gasteiger partial charge in [-0.25, -0.2) is 4.98 Å². The van der Waals surface area contributed by atoms with Crippen LogP contribution in [0, 0.1) is 0 Å². The molecule has 3 aromatic rings. The number of hydrogen-bond acceptors (Lipinski definition) is 4. The van der Waals surface area contributed by atoms with Crippen LogP contribution in [0.1, 0.15) is 71.6 Å². The summed E-state index contributed by atoms with van der Waals surface area (Å²) < 4.78 is 0. The number of carbonyl (C=O) groups excluding carboxylic acids is 2. The van der Waals surface area contributed by atoms with E-state index in [2.05, 4.69) is 35.9 Å². The molecule has 170 valence electrons. The van der Waals surface area contributed by atoms with Crippen molar-refractivity contribution < 1.29 is 9.59 Å². The fraction of sp³-hybridized carbons (Fsp3) is 0.480. The van der Waals surface area contributed by atoms with Crippen LogP contribution in [0.15, 0.2) is 29.8 Å². The second kappa shape index (κ2) is 9.45. The van der Waals surface area contributed by atoms with Gasteiger partial charge in [-0.3, -0.25) is 9.59 Å². The van der Waals surface area contributed by atoms with E-state index in [4.69, 9.17) is 0 Å². The normalized spacial score (nSPS) is 16.7. The summed E-state index contributed by atoms with van der Waals surface area (Å²) >= 11 is 1.61. The highest BCUT2D eigenvalue weighted by Gasteiger charge is 2.26. The Hall–Kier alpha value is -2.67. The van der Waals surface area contributed by atoms with Crippen LogP contribution in [-0.2, 0) is 11.2 Å². The molecular formula is C25H32N4O2S. The van der Waals surface area contributed by atoms with Crippen LogP contribution >= 0.6 is 11.3 Å². The van der Waals surface area contributed by atoms with Gasteiger partial charge in [0, 0.05) is 68.4 Å². The van der Waals surface area contributed by atoms with Gasteiger partial charge in [-0.1, -0.05) is 19.9 Å². The summed E-state index contributed by atoms with van der Waals surface area (Å²) in [6, 6.07) is 6.45. The first-order valence-corrected chi connectivity index (χ1v) is 12.3. The Morgan fingerprint density at radius 1 is 1.28 bits per heavy atom. The summed E-state index contributed by atoms with van der Waals surface area (Å²) in [5, 5.41) is 4.09. The van der Waals surface area contributed by atoms with Crippen molar-refractivity contribution in [2.24, 2.45) is 0 Å². The summed E-state index contributed by atoms with van der Waals surface area (Å²) in [6.07, 6.45) is 5.11. The van der Waals surface area contributed by atoms with Crippen LogP contribution in [0.25, 0.3) is 10.9 Å². The molecule has 1 atom stereocenters. The molecule has 2 amide bonds. The zero-order chi connectivity index (χ0) is 22.8. The summed E-state index contributed by atoms with van der Waals surface area (Å²) in [5.41, 5.74) is 4.12. The molecule has 3 heterocycles. The molecule has 1 aliphatic heterocycles. The SMILES string of the molecule is CC(C)c1cc([C@H]2CCCN(C(=O)CCc3nccs3)C2)cc2[nH]c(C(=O)N(C)C)cc12. The van der Waals surface area contributed by atoms with E-state index in [1.165, 1.54) is 11.1 Å². The highest BCUT2D eigenvalue weighted by molar-refractivity contribution is 7.09. The molecule has 0 aliphatic carbocycles. The molecule has 2 aromatic heterocycles. The lowest BCUT2D eigenvalue weighted by Gasteiger charge is -2.33. The molecular weight excluding hydrogens is 420 g/mol. The molecule has 0 bridgehead atoms. The minimum absolute atomic E-state index is 0.0212. The number of thiazole rings is 1. The molecule has 1 aliphatic rings. The van der Waals surface area contributed by atoms with E-state index in [-0.39, 0.29) is 11.8 Å². The lowest BCUT2D eigenvalue weighted by Crippen LogP contribution is -2.39. The van der Waals surface area contributed by atoms with Crippen molar-refractivity contribution >= 4 is 34.1 Å². The van der Waals surface area contributed by atoms with Gasteiger partial charge in [-0.05, 0) is 42.0 Å². The predicted octanol–water partition coefficient (Wildman–Crippen LogP) is 4.79. The number of nitrogens with one attached hydrogen (secondary N) is 1. The third kappa shape index (κ3) is 4.72. The molecule has 32 heavy (non-hydrogen) atoms. The molecule has 1 fully saturated rings. The third-order valence-electron chi connectivity index (χ3n) is 6.33. The smallest absolute Gasteiger partial charge is 0.269 e. The second-order valence-electron chi connectivity index (χ2n) is 9.21. The predicted molar refractivity (Wildman–Crippen MR) is 129 cm³/mol. The molecule has 0 radical (unpaired) electrons. The van der Waals surface area contributed by atoms with Gasteiger partial charge in [-0.2, -0.15) is 0 Å². The van der Waals surface area contributed by atoms with Crippen LogP contribution in [-0.4, -0.2) is 58.8 Å².